The summed E-state index contributed by atoms with van der Waals surface area (Å²) in [5.41, 5.74) is 4.03. The number of para-hydroxylation sites is 2. The number of halogens is 2. The smallest absolute Gasteiger partial charge is 0.271 e. The van der Waals surface area contributed by atoms with Crippen molar-refractivity contribution in [2.45, 2.75) is 0 Å². The molecule has 32 heavy (non-hydrogen) atoms. The molecule has 0 heterocycles. The number of rotatable bonds is 8. The molecule has 0 saturated heterocycles. The molecular weight excluding hydrogens is 453 g/mol. The Balaban J connectivity index is 1.53. The summed E-state index contributed by atoms with van der Waals surface area (Å²) in [7, 11) is 1.52. The average Bonchev–Trinajstić information content (AvgIpc) is 2.79. The van der Waals surface area contributed by atoms with E-state index in [4.69, 9.17) is 32.7 Å². The predicted molar refractivity (Wildman–Crippen MR) is 125 cm³/mol. The number of benzene rings is 3. The van der Waals surface area contributed by atoms with E-state index >= 15 is 0 Å². The largest absolute Gasteiger partial charge is 0.495 e. The Labute approximate surface area is 194 Å². The summed E-state index contributed by atoms with van der Waals surface area (Å²) < 4.78 is 10.7. The van der Waals surface area contributed by atoms with Crippen molar-refractivity contribution < 1.29 is 19.1 Å². The van der Waals surface area contributed by atoms with Gasteiger partial charge in [0.2, 0.25) is 0 Å². The maximum atomic E-state index is 12.2. The zero-order valence-electron chi connectivity index (χ0n) is 17.0. The minimum atomic E-state index is -0.370. The standard InChI is InChI=1S/C23H19Cl2N3O4/c1-31-21-5-3-2-4-19(21)27-22(29)14-32-20-11-6-15(12-18(20)25)13-26-28-23(30)16-7-9-17(24)10-8-16/h2-13H,14H2,1H3,(H,27,29)(H,28,30). The maximum Gasteiger partial charge on any atom is 0.271 e. The molecule has 0 bridgehead atoms. The summed E-state index contributed by atoms with van der Waals surface area (Å²) >= 11 is 12.0. The second-order valence-corrected chi connectivity index (χ2v) is 7.28. The molecule has 7 nitrogen and oxygen atoms in total. The summed E-state index contributed by atoms with van der Waals surface area (Å²) in [6, 6.07) is 18.4. The van der Waals surface area contributed by atoms with Crippen LogP contribution in [-0.2, 0) is 4.79 Å². The lowest BCUT2D eigenvalue weighted by Gasteiger charge is -2.11. The first kappa shape index (κ1) is 23.1. The molecule has 3 rings (SSSR count). The number of carbonyl (C=O) groups is 2. The Morgan fingerprint density at radius 1 is 1.00 bits per heavy atom. The highest BCUT2D eigenvalue weighted by Crippen LogP contribution is 2.26. The van der Waals surface area contributed by atoms with Crippen LogP contribution >= 0.6 is 23.2 Å². The normalized spacial score (nSPS) is 10.6. The molecule has 0 radical (unpaired) electrons. The monoisotopic (exact) mass is 471 g/mol. The summed E-state index contributed by atoms with van der Waals surface area (Å²) in [5.74, 6) is 0.154. The first-order valence-corrected chi connectivity index (χ1v) is 10.2. The quantitative estimate of drug-likeness (QED) is 0.365. The zero-order chi connectivity index (χ0) is 22.9. The molecular formula is C23H19Cl2N3O4. The highest BCUT2D eigenvalue weighted by Gasteiger charge is 2.10. The van der Waals surface area contributed by atoms with E-state index in [0.717, 1.165) is 0 Å². The summed E-state index contributed by atoms with van der Waals surface area (Å²) in [4.78, 5) is 24.2. The molecule has 164 valence electrons. The number of hydrogen-bond acceptors (Lipinski definition) is 5. The molecule has 3 aromatic rings. The van der Waals surface area contributed by atoms with Crippen molar-refractivity contribution >= 4 is 46.9 Å². The minimum Gasteiger partial charge on any atom is -0.495 e. The van der Waals surface area contributed by atoms with Gasteiger partial charge in [-0.1, -0.05) is 35.3 Å². The van der Waals surface area contributed by atoms with Crippen molar-refractivity contribution in [1.29, 1.82) is 0 Å². The van der Waals surface area contributed by atoms with E-state index in [2.05, 4.69) is 15.8 Å². The first-order chi connectivity index (χ1) is 15.5. The SMILES string of the molecule is COc1ccccc1NC(=O)COc1ccc(C=NNC(=O)c2ccc(Cl)cc2)cc1Cl. The molecule has 0 saturated carbocycles. The Morgan fingerprint density at radius 3 is 2.47 bits per heavy atom. The van der Waals surface area contributed by atoms with Gasteiger partial charge in [-0.2, -0.15) is 5.10 Å². The third-order valence-electron chi connectivity index (χ3n) is 4.18. The summed E-state index contributed by atoms with van der Waals surface area (Å²) in [6.07, 6.45) is 1.44. The molecule has 0 aliphatic heterocycles. The van der Waals surface area contributed by atoms with E-state index in [-0.39, 0.29) is 18.4 Å². The van der Waals surface area contributed by atoms with Gasteiger partial charge >= 0.3 is 0 Å². The second-order valence-electron chi connectivity index (χ2n) is 6.43. The van der Waals surface area contributed by atoms with E-state index in [1.54, 1.807) is 66.7 Å². The molecule has 0 fully saturated rings. The van der Waals surface area contributed by atoms with E-state index < -0.39 is 0 Å². The third-order valence-corrected chi connectivity index (χ3v) is 4.73. The number of nitrogens with zero attached hydrogens (tertiary/aromatic N) is 1. The molecule has 0 spiro atoms. The lowest BCUT2D eigenvalue weighted by atomic mass is 10.2. The Morgan fingerprint density at radius 2 is 1.75 bits per heavy atom. The molecule has 0 aliphatic rings. The molecule has 2 amide bonds. The fourth-order valence-corrected chi connectivity index (χ4v) is 2.99. The predicted octanol–water partition coefficient (Wildman–Crippen LogP) is 4.78. The molecule has 0 unspecified atom stereocenters. The van der Waals surface area contributed by atoms with Gasteiger partial charge in [0.05, 0.1) is 24.0 Å². The molecule has 3 aromatic carbocycles. The second kappa shape index (κ2) is 11.2. The zero-order valence-corrected chi connectivity index (χ0v) is 18.5. The highest BCUT2D eigenvalue weighted by atomic mass is 35.5. The van der Waals surface area contributed by atoms with Crippen LogP contribution in [0.25, 0.3) is 0 Å². The van der Waals surface area contributed by atoms with Crippen molar-refractivity contribution in [2.75, 3.05) is 19.0 Å². The number of nitrogens with one attached hydrogen (secondary N) is 2. The molecule has 0 aliphatic carbocycles. The van der Waals surface area contributed by atoms with E-state index in [0.29, 0.717) is 38.4 Å². The lowest BCUT2D eigenvalue weighted by Crippen LogP contribution is -2.20. The number of carbonyl (C=O) groups excluding carboxylic acids is 2. The van der Waals surface area contributed by atoms with Gasteiger partial charge in [0, 0.05) is 10.6 Å². The highest BCUT2D eigenvalue weighted by molar-refractivity contribution is 6.32. The number of hydrogen-bond donors (Lipinski definition) is 2. The molecule has 2 N–H and O–H groups in total. The third kappa shape index (κ3) is 6.47. The van der Waals surface area contributed by atoms with Crippen LogP contribution in [0.1, 0.15) is 15.9 Å². The minimum absolute atomic E-state index is 0.234. The summed E-state index contributed by atoms with van der Waals surface area (Å²) in [6.45, 7) is -0.234. The van der Waals surface area contributed by atoms with E-state index in [1.165, 1.54) is 13.3 Å². The molecule has 0 aromatic heterocycles. The molecule has 9 heteroatoms. The number of amides is 2. The van der Waals surface area contributed by atoms with Crippen molar-refractivity contribution in [3.8, 4) is 11.5 Å². The van der Waals surface area contributed by atoms with Crippen LogP contribution in [-0.4, -0.2) is 31.7 Å². The number of methoxy groups -OCH3 is 1. The summed E-state index contributed by atoms with van der Waals surface area (Å²) in [5, 5.41) is 7.47. The van der Waals surface area contributed by atoms with Gasteiger partial charge in [0.25, 0.3) is 11.8 Å². The van der Waals surface area contributed by atoms with Crippen molar-refractivity contribution in [1.82, 2.24) is 5.43 Å². The first-order valence-electron chi connectivity index (χ1n) is 9.40. The van der Waals surface area contributed by atoms with Crippen LogP contribution in [0.5, 0.6) is 11.5 Å². The van der Waals surface area contributed by atoms with Gasteiger partial charge in [-0.15, -0.1) is 0 Å². The van der Waals surface area contributed by atoms with Gasteiger partial charge < -0.3 is 14.8 Å². The average molecular weight is 472 g/mol. The van der Waals surface area contributed by atoms with Crippen LogP contribution in [0.2, 0.25) is 10.0 Å². The van der Waals surface area contributed by atoms with Crippen molar-refractivity contribution in [3.05, 3.63) is 87.9 Å². The van der Waals surface area contributed by atoms with Gasteiger partial charge in [-0.3, -0.25) is 9.59 Å². The van der Waals surface area contributed by atoms with Crippen molar-refractivity contribution in [2.24, 2.45) is 5.10 Å². The lowest BCUT2D eigenvalue weighted by molar-refractivity contribution is -0.118. The Bertz CT molecular complexity index is 1130. The fraction of sp³-hybridized carbons (Fsp3) is 0.0870. The van der Waals surface area contributed by atoms with Gasteiger partial charge in [0.15, 0.2) is 6.61 Å². The van der Waals surface area contributed by atoms with Crippen LogP contribution < -0.4 is 20.2 Å². The van der Waals surface area contributed by atoms with Gasteiger partial charge in [-0.25, -0.2) is 5.43 Å². The van der Waals surface area contributed by atoms with Crippen molar-refractivity contribution in [3.63, 3.8) is 0 Å². The van der Waals surface area contributed by atoms with E-state index in [1.807, 2.05) is 0 Å². The number of ether oxygens (including phenoxy) is 2. The number of anilines is 1. The fourth-order valence-electron chi connectivity index (χ4n) is 2.62. The Hall–Kier alpha value is -3.55. The van der Waals surface area contributed by atoms with Crippen LogP contribution in [0.3, 0.4) is 0 Å². The van der Waals surface area contributed by atoms with E-state index in [9.17, 15) is 9.59 Å². The Kier molecular flexibility index (Phi) is 8.08. The van der Waals surface area contributed by atoms with Crippen LogP contribution in [0.15, 0.2) is 71.8 Å². The topological polar surface area (TPSA) is 89.0 Å². The number of hydrazone groups is 1. The van der Waals surface area contributed by atoms with Crippen LogP contribution in [0.4, 0.5) is 5.69 Å². The molecule has 0 atom stereocenters. The van der Waals surface area contributed by atoms with Gasteiger partial charge in [0.1, 0.15) is 11.5 Å². The maximum absolute atomic E-state index is 12.2. The van der Waals surface area contributed by atoms with Gasteiger partial charge in [-0.05, 0) is 60.2 Å². The van der Waals surface area contributed by atoms with Crippen LogP contribution in [0, 0.1) is 0 Å².